The number of aryl methyl sites for hydroxylation is 1. The lowest BCUT2D eigenvalue weighted by Crippen LogP contribution is -2.01. The van der Waals surface area contributed by atoms with Gasteiger partial charge in [-0.25, -0.2) is 0 Å². The zero-order valence-electron chi connectivity index (χ0n) is 10.5. The van der Waals surface area contributed by atoms with Crippen LogP contribution < -0.4 is 10.1 Å². The number of pyridine rings is 1. The predicted molar refractivity (Wildman–Crippen MR) is 71.0 cm³/mol. The van der Waals surface area contributed by atoms with Crippen molar-refractivity contribution in [3.8, 4) is 11.5 Å². The van der Waals surface area contributed by atoms with Crippen molar-refractivity contribution in [3.63, 3.8) is 0 Å². The fraction of sp³-hybridized carbons (Fsp3) is 0.214. The summed E-state index contributed by atoms with van der Waals surface area (Å²) in [4.78, 5) is 4.30. The number of nitrogens with one attached hydrogen (secondary N) is 1. The van der Waals surface area contributed by atoms with E-state index < -0.39 is 0 Å². The quantitative estimate of drug-likeness (QED) is 0.868. The Morgan fingerprint density at radius 3 is 2.72 bits per heavy atom. The van der Waals surface area contributed by atoms with Crippen LogP contribution in [0.25, 0.3) is 0 Å². The van der Waals surface area contributed by atoms with Crippen LogP contribution in [0.1, 0.15) is 11.3 Å². The molecular formula is C14H16N2O2. The third-order valence-electron chi connectivity index (χ3n) is 2.63. The van der Waals surface area contributed by atoms with Gasteiger partial charge in [-0.15, -0.1) is 0 Å². The van der Waals surface area contributed by atoms with Crippen molar-refractivity contribution in [3.05, 3.63) is 47.8 Å². The molecule has 0 atom stereocenters. The lowest BCUT2D eigenvalue weighted by molar-refractivity contribution is 0.373. The second kappa shape index (κ2) is 5.40. The molecule has 1 heterocycles. The molecule has 0 radical (unpaired) electrons. The van der Waals surface area contributed by atoms with Crippen molar-refractivity contribution >= 4 is 5.69 Å². The zero-order valence-corrected chi connectivity index (χ0v) is 10.5. The average molecular weight is 244 g/mol. The Labute approximate surface area is 106 Å². The molecular weight excluding hydrogens is 228 g/mol. The number of aromatic hydroxyl groups is 1. The largest absolute Gasteiger partial charge is 0.504 e. The number of hydrogen-bond donors (Lipinski definition) is 2. The maximum Gasteiger partial charge on any atom is 0.160 e. The number of anilines is 1. The summed E-state index contributed by atoms with van der Waals surface area (Å²) in [5, 5.41) is 12.8. The Morgan fingerprint density at radius 1 is 1.28 bits per heavy atom. The molecule has 0 aliphatic carbocycles. The van der Waals surface area contributed by atoms with Gasteiger partial charge >= 0.3 is 0 Å². The molecule has 18 heavy (non-hydrogen) atoms. The molecule has 2 aromatic rings. The van der Waals surface area contributed by atoms with E-state index >= 15 is 0 Å². The molecule has 0 spiro atoms. The highest BCUT2D eigenvalue weighted by Gasteiger charge is 2.02. The van der Waals surface area contributed by atoms with E-state index in [2.05, 4.69) is 10.3 Å². The molecule has 0 aliphatic heterocycles. The maximum atomic E-state index is 9.64. The smallest absolute Gasteiger partial charge is 0.160 e. The Balaban J connectivity index is 2.02. The van der Waals surface area contributed by atoms with Crippen LogP contribution in [0.15, 0.2) is 36.5 Å². The molecule has 0 saturated heterocycles. The minimum Gasteiger partial charge on any atom is -0.504 e. The molecule has 4 nitrogen and oxygen atoms in total. The van der Waals surface area contributed by atoms with E-state index in [4.69, 9.17) is 4.74 Å². The number of rotatable bonds is 4. The second-order valence-electron chi connectivity index (χ2n) is 4.07. The third-order valence-corrected chi connectivity index (χ3v) is 2.63. The number of ether oxygens (including phenoxy) is 1. The molecule has 94 valence electrons. The van der Waals surface area contributed by atoms with Gasteiger partial charge in [0.15, 0.2) is 11.5 Å². The predicted octanol–water partition coefficient (Wildman–Crippen LogP) is 2.72. The summed E-state index contributed by atoms with van der Waals surface area (Å²) in [6.45, 7) is 2.62. The van der Waals surface area contributed by atoms with Gasteiger partial charge in [-0.2, -0.15) is 0 Å². The Bertz CT molecular complexity index is 524. The van der Waals surface area contributed by atoms with E-state index in [0.717, 1.165) is 16.9 Å². The highest BCUT2D eigenvalue weighted by Crippen LogP contribution is 2.28. The van der Waals surface area contributed by atoms with Crippen molar-refractivity contribution in [2.24, 2.45) is 0 Å². The van der Waals surface area contributed by atoms with Crippen LogP contribution in [-0.4, -0.2) is 17.2 Å². The van der Waals surface area contributed by atoms with Crippen LogP contribution in [0.4, 0.5) is 5.69 Å². The van der Waals surface area contributed by atoms with Gasteiger partial charge in [-0.1, -0.05) is 6.07 Å². The van der Waals surface area contributed by atoms with Crippen molar-refractivity contribution < 1.29 is 9.84 Å². The monoisotopic (exact) mass is 244 g/mol. The van der Waals surface area contributed by atoms with Crippen LogP contribution in [0, 0.1) is 6.92 Å². The van der Waals surface area contributed by atoms with E-state index in [1.165, 1.54) is 7.11 Å². The van der Waals surface area contributed by atoms with E-state index in [0.29, 0.717) is 12.3 Å². The standard InChI is InChI=1S/C14H16N2O2/c1-10-3-4-12(15-8-10)9-16-11-5-6-14(18-2)13(17)7-11/h3-8,16-17H,9H2,1-2H3. The first-order chi connectivity index (χ1) is 8.69. The van der Waals surface area contributed by atoms with Crippen molar-refractivity contribution in [1.29, 1.82) is 0 Å². The summed E-state index contributed by atoms with van der Waals surface area (Å²) in [5.41, 5.74) is 2.92. The molecule has 0 unspecified atom stereocenters. The minimum absolute atomic E-state index is 0.124. The first-order valence-electron chi connectivity index (χ1n) is 5.71. The van der Waals surface area contributed by atoms with Gasteiger partial charge in [-0.05, 0) is 30.7 Å². The molecule has 2 rings (SSSR count). The number of aromatic nitrogens is 1. The van der Waals surface area contributed by atoms with Crippen LogP contribution in [0.2, 0.25) is 0 Å². The normalized spacial score (nSPS) is 10.1. The van der Waals surface area contributed by atoms with Gasteiger partial charge in [0.25, 0.3) is 0 Å². The highest BCUT2D eigenvalue weighted by molar-refractivity contribution is 5.54. The number of nitrogens with zero attached hydrogens (tertiary/aromatic N) is 1. The fourth-order valence-corrected chi connectivity index (χ4v) is 1.60. The third kappa shape index (κ3) is 2.91. The summed E-state index contributed by atoms with van der Waals surface area (Å²) >= 11 is 0. The number of benzene rings is 1. The summed E-state index contributed by atoms with van der Waals surface area (Å²) in [6.07, 6.45) is 1.84. The van der Waals surface area contributed by atoms with Crippen molar-refractivity contribution in [2.75, 3.05) is 12.4 Å². The number of methoxy groups -OCH3 is 1. The van der Waals surface area contributed by atoms with E-state index in [9.17, 15) is 5.11 Å². The second-order valence-corrected chi connectivity index (χ2v) is 4.07. The lowest BCUT2D eigenvalue weighted by Gasteiger charge is -2.08. The summed E-state index contributed by atoms with van der Waals surface area (Å²) < 4.78 is 4.99. The molecule has 0 aliphatic rings. The minimum atomic E-state index is 0.124. The van der Waals surface area contributed by atoms with Crippen LogP contribution in [0.3, 0.4) is 0 Å². The molecule has 1 aromatic heterocycles. The Kier molecular flexibility index (Phi) is 3.67. The van der Waals surface area contributed by atoms with Gasteiger partial charge in [-0.3, -0.25) is 4.98 Å². The number of phenolic OH excluding ortho intramolecular Hbond substituents is 1. The summed E-state index contributed by atoms with van der Waals surface area (Å²) in [7, 11) is 1.53. The van der Waals surface area contributed by atoms with Crippen molar-refractivity contribution in [2.45, 2.75) is 13.5 Å². The Morgan fingerprint density at radius 2 is 2.11 bits per heavy atom. The van der Waals surface area contributed by atoms with Gasteiger partial charge in [0.05, 0.1) is 19.3 Å². The SMILES string of the molecule is COc1ccc(NCc2ccc(C)cn2)cc1O. The lowest BCUT2D eigenvalue weighted by atomic mass is 10.2. The molecule has 4 heteroatoms. The maximum absolute atomic E-state index is 9.64. The van der Waals surface area contributed by atoms with E-state index in [1.807, 2.05) is 31.3 Å². The van der Waals surface area contributed by atoms with E-state index in [1.54, 1.807) is 12.1 Å². The molecule has 1 aromatic carbocycles. The first kappa shape index (κ1) is 12.2. The van der Waals surface area contributed by atoms with Crippen LogP contribution >= 0.6 is 0 Å². The van der Waals surface area contributed by atoms with Crippen LogP contribution in [-0.2, 0) is 6.54 Å². The topological polar surface area (TPSA) is 54.4 Å². The first-order valence-corrected chi connectivity index (χ1v) is 5.71. The van der Waals surface area contributed by atoms with Crippen molar-refractivity contribution in [1.82, 2.24) is 4.98 Å². The molecule has 0 bridgehead atoms. The number of hydrogen-bond acceptors (Lipinski definition) is 4. The van der Waals surface area contributed by atoms with Crippen LogP contribution in [0.5, 0.6) is 11.5 Å². The average Bonchev–Trinajstić information content (AvgIpc) is 2.38. The van der Waals surface area contributed by atoms with Gasteiger partial charge in [0.1, 0.15) is 0 Å². The van der Waals surface area contributed by atoms with Gasteiger partial charge in [0, 0.05) is 18.0 Å². The molecule has 0 fully saturated rings. The Hall–Kier alpha value is -2.23. The van der Waals surface area contributed by atoms with Gasteiger partial charge in [0.2, 0.25) is 0 Å². The summed E-state index contributed by atoms with van der Waals surface area (Å²) in [5.74, 6) is 0.591. The zero-order chi connectivity index (χ0) is 13.0. The molecule has 2 N–H and O–H groups in total. The number of phenols is 1. The van der Waals surface area contributed by atoms with Gasteiger partial charge < -0.3 is 15.2 Å². The highest BCUT2D eigenvalue weighted by atomic mass is 16.5. The fourth-order valence-electron chi connectivity index (χ4n) is 1.60. The molecule has 0 amide bonds. The summed E-state index contributed by atoms with van der Waals surface area (Å²) in [6, 6.07) is 9.21. The molecule has 0 saturated carbocycles. The van der Waals surface area contributed by atoms with E-state index in [-0.39, 0.29) is 5.75 Å².